The number of likely N-dealkylation sites (tertiary alicyclic amines) is 1. The van der Waals surface area contributed by atoms with Crippen LogP contribution in [0.2, 0.25) is 0 Å². The number of aliphatic hydroxyl groups excluding tert-OH is 2. The second-order valence-electron chi connectivity index (χ2n) is 10.9. The van der Waals surface area contributed by atoms with Gasteiger partial charge in [-0.15, -0.1) is 0 Å². The fraction of sp³-hybridized carbons (Fsp3) is 0.481. The number of likely N-dealkylation sites (N-methyl/N-ethyl adjacent to an activating group) is 1. The Morgan fingerprint density at radius 2 is 1.87 bits per heavy atom. The second-order valence-corrected chi connectivity index (χ2v) is 10.9. The number of nitrogens with zero attached hydrogens (tertiary/aromatic N) is 3. The molecule has 1 heterocycles. The van der Waals surface area contributed by atoms with Gasteiger partial charge in [0.05, 0.1) is 11.6 Å². The van der Waals surface area contributed by atoms with Gasteiger partial charge in [-0.3, -0.25) is 24.2 Å². The highest BCUT2D eigenvalue weighted by Gasteiger charge is 2.63. The molecular weight excluding hydrogens is 511 g/mol. The molecule has 206 valence electrons. The lowest BCUT2D eigenvalue weighted by molar-refractivity contribution is -0.148. The largest absolute Gasteiger partial charge is 0.510 e. The number of Topliss-reactive ketones (excluding diaryl/α,β-unsaturated/α-hetero) is 2. The van der Waals surface area contributed by atoms with Gasteiger partial charge in [0.15, 0.2) is 11.4 Å². The molecule has 11 nitrogen and oxygen atoms in total. The summed E-state index contributed by atoms with van der Waals surface area (Å²) in [5.74, 6) is -9.03. The van der Waals surface area contributed by atoms with Crippen LogP contribution in [0.3, 0.4) is 0 Å². The lowest BCUT2D eigenvalue weighted by Gasteiger charge is -2.50. The lowest BCUT2D eigenvalue weighted by Crippen LogP contribution is -2.63. The number of phenolic OH excluding ortho intramolecular Hbond substituents is 1. The average Bonchev–Trinajstić information content (AvgIpc) is 3.37. The molecule has 39 heavy (non-hydrogen) atoms. The molecule has 0 saturated carbocycles. The van der Waals surface area contributed by atoms with Crippen molar-refractivity contribution in [3.63, 3.8) is 0 Å². The maximum absolute atomic E-state index is 16.0. The van der Waals surface area contributed by atoms with Gasteiger partial charge in [0.25, 0.3) is 5.91 Å². The van der Waals surface area contributed by atoms with E-state index in [2.05, 4.69) is 0 Å². The second kappa shape index (κ2) is 9.15. The molecule has 4 aliphatic rings. The summed E-state index contributed by atoms with van der Waals surface area (Å²) in [6.45, 7) is 1.49. The number of fused-ring (bicyclic) bond motifs is 3. The number of hydrogen-bond acceptors (Lipinski definition) is 10. The summed E-state index contributed by atoms with van der Waals surface area (Å²) in [7, 11) is 3.05. The van der Waals surface area contributed by atoms with E-state index < -0.39 is 80.7 Å². The van der Waals surface area contributed by atoms with Crippen LogP contribution in [-0.4, -0.2) is 86.5 Å². The number of hydrogen-bond donors (Lipinski definition) is 5. The van der Waals surface area contributed by atoms with Crippen molar-refractivity contribution in [2.24, 2.45) is 17.6 Å². The average molecular weight is 541 g/mol. The predicted molar refractivity (Wildman–Crippen MR) is 133 cm³/mol. The highest BCUT2D eigenvalue weighted by molar-refractivity contribution is 6.24. The zero-order chi connectivity index (χ0) is 28.5. The van der Waals surface area contributed by atoms with Crippen LogP contribution < -0.4 is 5.73 Å². The Labute approximate surface area is 223 Å². The minimum absolute atomic E-state index is 0.0156. The molecule has 12 heteroatoms. The Balaban J connectivity index is 1.70. The molecule has 6 N–H and O–H groups in total. The van der Waals surface area contributed by atoms with Crippen LogP contribution in [0.15, 0.2) is 22.7 Å². The third-order valence-corrected chi connectivity index (χ3v) is 8.61. The summed E-state index contributed by atoms with van der Waals surface area (Å²) in [5, 5.41) is 54.5. The van der Waals surface area contributed by atoms with Crippen molar-refractivity contribution >= 4 is 17.5 Å². The number of nitriles is 1. The Bertz CT molecular complexity index is 1440. The van der Waals surface area contributed by atoms with Gasteiger partial charge in [-0.05, 0) is 58.8 Å². The molecule has 0 aromatic heterocycles. The number of carbonyl (C=O) groups is 3. The van der Waals surface area contributed by atoms with Crippen LogP contribution in [0.5, 0.6) is 5.75 Å². The topological polar surface area (TPSA) is 188 Å². The number of allylic oxidation sites excluding steroid dienone is 1. The van der Waals surface area contributed by atoms with Crippen LogP contribution in [0, 0.1) is 29.0 Å². The molecule has 1 aliphatic heterocycles. The molecular formula is C27H29FN4O7. The highest BCUT2D eigenvalue weighted by Crippen LogP contribution is 2.53. The first-order chi connectivity index (χ1) is 18.4. The van der Waals surface area contributed by atoms with E-state index >= 15 is 4.39 Å². The first-order valence-electron chi connectivity index (χ1n) is 12.7. The molecule has 0 unspecified atom stereocenters. The molecule has 1 fully saturated rings. The molecule has 5 rings (SSSR count). The number of primary amides is 1. The van der Waals surface area contributed by atoms with Gasteiger partial charge < -0.3 is 26.2 Å². The van der Waals surface area contributed by atoms with Crippen LogP contribution in [-0.2, 0) is 22.6 Å². The maximum Gasteiger partial charge on any atom is 0.255 e. The van der Waals surface area contributed by atoms with Crippen molar-refractivity contribution in [3.05, 3.63) is 50.7 Å². The SMILES string of the molecule is CN(C)[C@@H]1C(O)=C(C(N)=O)C(=O)[C@@]2(O)C(O)=C3C(=O)c4c(O)c(C#N)c(CN5CCCC5)c(F)c4C[C@H]3C[C@@H]12. The zero-order valence-corrected chi connectivity index (χ0v) is 21.5. The number of amides is 1. The van der Waals surface area contributed by atoms with Crippen molar-refractivity contribution in [3.8, 4) is 11.8 Å². The van der Waals surface area contributed by atoms with Crippen LogP contribution in [0.1, 0.15) is 46.3 Å². The Kier molecular flexibility index (Phi) is 6.29. The fourth-order valence-corrected chi connectivity index (χ4v) is 6.83. The highest BCUT2D eigenvalue weighted by atomic mass is 19.1. The summed E-state index contributed by atoms with van der Waals surface area (Å²) in [6.07, 6.45) is 1.52. The number of aromatic hydroxyl groups is 1. The Morgan fingerprint density at radius 1 is 1.23 bits per heavy atom. The monoisotopic (exact) mass is 540 g/mol. The summed E-state index contributed by atoms with van der Waals surface area (Å²) < 4.78 is 16.0. The number of benzene rings is 1. The van der Waals surface area contributed by atoms with E-state index in [1.54, 1.807) is 6.07 Å². The normalized spacial score (nSPS) is 28.9. The fourth-order valence-electron chi connectivity index (χ4n) is 6.83. The van der Waals surface area contributed by atoms with Gasteiger partial charge in [-0.1, -0.05) is 0 Å². The quantitative estimate of drug-likeness (QED) is 0.341. The summed E-state index contributed by atoms with van der Waals surface area (Å²) in [6, 6.07) is 0.653. The predicted octanol–water partition coefficient (Wildman–Crippen LogP) is 0.727. The lowest BCUT2D eigenvalue weighted by atomic mass is 9.58. The minimum atomic E-state index is -2.79. The molecule has 4 atom stereocenters. The maximum atomic E-state index is 16.0. The van der Waals surface area contributed by atoms with Crippen LogP contribution in [0.25, 0.3) is 0 Å². The third-order valence-electron chi connectivity index (χ3n) is 8.61. The molecule has 1 amide bonds. The van der Waals surface area contributed by atoms with Gasteiger partial charge in [-0.25, -0.2) is 4.39 Å². The zero-order valence-electron chi connectivity index (χ0n) is 21.5. The van der Waals surface area contributed by atoms with E-state index in [1.807, 2.05) is 4.90 Å². The first kappa shape index (κ1) is 26.8. The van der Waals surface area contributed by atoms with Gasteiger partial charge in [0.2, 0.25) is 5.78 Å². The first-order valence-corrected chi connectivity index (χ1v) is 12.7. The van der Waals surface area contributed by atoms with E-state index in [9.17, 15) is 40.1 Å². The standard InChI is InChI=1S/C27H29FN4O7/c1-31(2)20-15-8-11-7-12-17(21(33)13(9-29)14(19(12)28)10-32-5-3-4-6-32)22(34)16(11)24(36)27(15,39)25(37)18(23(20)35)26(30)38/h11,15,20,33,35-36,39H,3-8,10H2,1-2H3,(H2,30,38)/t11-,15-,20-,27-/m0/s1. The van der Waals surface area contributed by atoms with Crippen LogP contribution in [0.4, 0.5) is 4.39 Å². The molecule has 0 spiro atoms. The number of halogens is 1. The summed E-state index contributed by atoms with van der Waals surface area (Å²) in [5.41, 5.74) is 0.207. The number of nitrogens with two attached hydrogens (primary N) is 1. The van der Waals surface area contributed by atoms with Crippen molar-refractivity contribution < 1.29 is 39.2 Å². The van der Waals surface area contributed by atoms with E-state index in [1.165, 1.54) is 19.0 Å². The van der Waals surface area contributed by atoms with E-state index in [0.717, 1.165) is 12.8 Å². The number of aliphatic hydroxyl groups is 3. The third kappa shape index (κ3) is 3.61. The molecule has 0 radical (unpaired) electrons. The Morgan fingerprint density at radius 3 is 2.44 bits per heavy atom. The Hall–Kier alpha value is -3.79. The molecule has 1 aromatic rings. The van der Waals surface area contributed by atoms with Gasteiger partial charge in [-0.2, -0.15) is 5.26 Å². The summed E-state index contributed by atoms with van der Waals surface area (Å²) >= 11 is 0. The number of carbonyl (C=O) groups excluding carboxylic acids is 3. The van der Waals surface area contributed by atoms with Crippen molar-refractivity contribution in [1.82, 2.24) is 9.80 Å². The molecule has 3 aliphatic carbocycles. The molecule has 1 saturated heterocycles. The number of phenols is 1. The smallest absolute Gasteiger partial charge is 0.255 e. The molecule has 0 bridgehead atoms. The van der Waals surface area contributed by atoms with E-state index in [0.29, 0.717) is 13.1 Å². The van der Waals surface area contributed by atoms with Crippen molar-refractivity contribution in [1.29, 1.82) is 5.26 Å². The van der Waals surface area contributed by atoms with Gasteiger partial charge in [0, 0.05) is 29.2 Å². The molecule has 1 aromatic carbocycles. The number of rotatable bonds is 4. The van der Waals surface area contributed by atoms with Crippen molar-refractivity contribution in [2.75, 3.05) is 27.2 Å². The van der Waals surface area contributed by atoms with E-state index in [4.69, 9.17) is 5.73 Å². The number of ketones is 2. The van der Waals surface area contributed by atoms with Gasteiger partial charge in [0.1, 0.15) is 40.3 Å². The van der Waals surface area contributed by atoms with E-state index in [-0.39, 0.29) is 36.1 Å². The van der Waals surface area contributed by atoms with Crippen LogP contribution >= 0.6 is 0 Å². The van der Waals surface area contributed by atoms with Gasteiger partial charge >= 0.3 is 0 Å². The van der Waals surface area contributed by atoms with Crippen molar-refractivity contribution in [2.45, 2.75) is 43.9 Å². The summed E-state index contributed by atoms with van der Waals surface area (Å²) in [4.78, 5) is 42.5. The minimum Gasteiger partial charge on any atom is -0.510 e.